The number of rotatable bonds is 6. The molecule has 0 saturated heterocycles. The molecule has 6 heteroatoms. The molecule has 0 spiro atoms. The molecule has 0 saturated carbocycles. The molecule has 2 unspecified atom stereocenters. The second-order valence-corrected chi connectivity index (χ2v) is 6.18. The maximum atomic E-state index is 13.0. The maximum absolute atomic E-state index is 13.0. The number of carbonyl (C=O) groups excluding carboxylic acids is 1. The molecule has 0 aliphatic heterocycles. The van der Waals surface area contributed by atoms with E-state index in [1.54, 1.807) is 27.7 Å². The minimum absolute atomic E-state index is 0.0783. The predicted octanol–water partition coefficient (Wildman–Crippen LogP) is 3.84. The Morgan fingerprint density at radius 1 is 1.10 bits per heavy atom. The van der Waals surface area contributed by atoms with E-state index in [1.165, 1.54) is 0 Å². The van der Waals surface area contributed by atoms with Crippen LogP contribution in [0.4, 0.5) is 13.2 Å². The van der Waals surface area contributed by atoms with E-state index in [2.05, 4.69) is 0 Å². The van der Waals surface area contributed by atoms with Gasteiger partial charge in [0.05, 0.1) is 5.41 Å². The average molecular weight is 298 g/mol. The zero-order chi connectivity index (χ0) is 16.4. The van der Waals surface area contributed by atoms with Gasteiger partial charge in [0, 0.05) is 0 Å². The summed E-state index contributed by atoms with van der Waals surface area (Å²) in [5.41, 5.74) is -6.00. The van der Waals surface area contributed by atoms with Gasteiger partial charge in [-0.05, 0) is 40.5 Å². The first-order chi connectivity index (χ1) is 8.75. The van der Waals surface area contributed by atoms with Gasteiger partial charge in [-0.15, -0.1) is 0 Å². The molecule has 2 atom stereocenters. The van der Waals surface area contributed by atoms with Gasteiger partial charge in [0.1, 0.15) is 5.60 Å². The van der Waals surface area contributed by atoms with Crippen LogP contribution in [0.2, 0.25) is 0 Å². The number of alkyl halides is 3. The van der Waals surface area contributed by atoms with E-state index < -0.39 is 28.8 Å². The second kappa shape index (κ2) is 5.92. The summed E-state index contributed by atoms with van der Waals surface area (Å²) in [6.45, 7) is 8.40. The minimum Gasteiger partial charge on any atom is -0.456 e. The molecule has 0 aliphatic rings. The van der Waals surface area contributed by atoms with Crippen molar-refractivity contribution < 1.29 is 27.8 Å². The van der Waals surface area contributed by atoms with Gasteiger partial charge in [0.2, 0.25) is 0 Å². The first kappa shape index (κ1) is 19.2. The largest absolute Gasteiger partial charge is 0.456 e. The van der Waals surface area contributed by atoms with Gasteiger partial charge in [-0.25, -0.2) is 0 Å². The second-order valence-electron chi connectivity index (χ2n) is 6.18. The molecular formula is C14H25F3O3. The molecule has 0 aromatic heterocycles. The fourth-order valence-corrected chi connectivity index (χ4v) is 1.66. The zero-order valence-electron chi connectivity index (χ0n) is 13.0. The quantitative estimate of drug-likeness (QED) is 0.758. The number of carbonyl (C=O) groups is 1. The molecule has 0 aromatic rings. The molecule has 3 nitrogen and oxygen atoms in total. The van der Waals surface area contributed by atoms with Crippen molar-refractivity contribution in [2.24, 2.45) is 5.41 Å². The Morgan fingerprint density at radius 3 is 1.85 bits per heavy atom. The molecule has 0 heterocycles. The number of esters is 1. The summed E-state index contributed by atoms with van der Waals surface area (Å²) in [4.78, 5) is 12.1. The highest BCUT2D eigenvalue weighted by Crippen LogP contribution is 2.43. The van der Waals surface area contributed by atoms with Gasteiger partial charge in [0.15, 0.2) is 5.60 Å². The van der Waals surface area contributed by atoms with E-state index in [-0.39, 0.29) is 6.42 Å². The molecule has 1 N–H and O–H groups in total. The summed E-state index contributed by atoms with van der Waals surface area (Å²) in [6, 6.07) is 0. The number of hydrogen-bond donors (Lipinski definition) is 1. The smallest absolute Gasteiger partial charge is 0.420 e. The van der Waals surface area contributed by atoms with Crippen molar-refractivity contribution in [2.75, 3.05) is 0 Å². The molecule has 0 fully saturated rings. The Balaban J connectivity index is 5.49. The molecule has 0 radical (unpaired) electrons. The third-order valence-electron chi connectivity index (χ3n) is 4.06. The Morgan fingerprint density at radius 2 is 1.55 bits per heavy atom. The highest BCUT2D eigenvalue weighted by atomic mass is 19.4. The SMILES string of the molecule is CCCC(C)(OC(=O)C(C)(C)CC)C(C)(O)C(F)(F)F. The Bertz CT molecular complexity index is 348. The van der Waals surface area contributed by atoms with Crippen LogP contribution < -0.4 is 0 Å². The standard InChI is InChI=1S/C14H25F3O3/c1-7-9-12(5,13(6,19)14(15,16)17)20-10(18)11(3,4)8-2/h19H,7-9H2,1-6H3. The fourth-order valence-electron chi connectivity index (χ4n) is 1.66. The molecule has 0 bridgehead atoms. The third kappa shape index (κ3) is 3.65. The van der Waals surface area contributed by atoms with Crippen molar-refractivity contribution >= 4 is 5.97 Å². The molecule has 0 aliphatic carbocycles. The first-order valence-corrected chi connectivity index (χ1v) is 6.77. The normalized spacial score (nSPS) is 19.1. The lowest BCUT2D eigenvalue weighted by Crippen LogP contribution is -2.62. The van der Waals surface area contributed by atoms with Crippen molar-refractivity contribution in [3.05, 3.63) is 0 Å². The Labute approximate surface area is 118 Å². The molecule has 0 amide bonds. The van der Waals surface area contributed by atoms with E-state index in [4.69, 9.17) is 4.74 Å². The van der Waals surface area contributed by atoms with Crippen molar-refractivity contribution in [3.8, 4) is 0 Å². The minimum atomic E-state index is -4.88. The van der Waals surface area contributed by atoms with E-state index in [1.807, 2.05) is 0 Å². The zero-order valence-corrected chi connectivity index (χ0v) is 13.0. The van der Waals surface area contributed by atoms with E-state index in [0.29, 0.717) is 19.8 Å². The van der Waals surface area contributed by atoms with Gasteiger partial charge >= 0.3 is 12.1 Å². The van der Waals surface area contributed by atoms with Crippen LogP contribution in [-0.2, 0) is 9.53 Å². The van der Waals surface area contributed by atoms with Gasteiger partial charge in [-0.3, -0.25) is 4.79 Å². The summed E-state index contributed by atoms with van der Waals surface area (Å²) in [7, 11) is 0. The fraction of sp³-hybridized carbons (Fsp3) is 0.929. The Hall–Kier alpha value is -0.780. The Kier molecular flexibility index (Phi) is 5.69. The summed E-state index contributed by atoms with van der Waals surface area (Å²) in [6.07, 6.45) is -4.18. The van der Waals surface area contributed by atoms with Crippen LogP contribution in [-0.4, -0.2) is 28.5 Å². The number of hydrogen-bond acceptors (Lipinski definition) is 3. The summed E-state index contributed by atoms with van der Waals surface area (Å²) >= 11 is 0. The molecule has 0 rings (SSSR count). The van der Waals surface area contributed by atoms with Crippen LogP contribution in [0.25, 0.3) is 0 Å². The van der Waals surface area contributed by atoms with Crippen molar-refractivity contribution in [1.82, 2.24) is 0 Å². The van der Waals surface area contributed by atoms with Crippen LogP contribution in [0.1, 0.15) is 60.8 Å². The third-order valence-corrected chi connectivity index (χ3v) is 4.06. The average Bonchev–Trinajstić information content (AvgIpc) is 2.27. The molecule has 120 valence electrons. The van der Waals surface area contributed by atoms with Gasteiger partial charge < -0.3 is 9.84 Å². The predicted molar refractivity (Wildman–Crippen MR) is 70.2 cm³/mol. The van der Waals surface area contributed by atoms with E-state index >= 15 is 0 Å². The van der Waals surface area contributed by atoms with Crippen LogP contribution in [0.15, 0.2) is 0 Å². The number of ether oxygens (including phenoxy) is 1. The summed E-state index contributed by atoms with van der Waals surface area (Å²) in [5, 5.41) is 9.89. The van der Waals surface area contributed by atoms with Crippen LogP contribution in [0.3, 0.4) is 0 Å². The number of halogens is 3. The molecular weight excluding hydrogens is 273 g/mol. The first-order valence-electron chi connectivity index (χ1n) is 6.77. The van der Waals surface area contributed by atoms with Crippen LogP contribution in [0.5, 0.6) is 0 Å². The van der Waals surface area contributed by atoms with E-state index in [0.717, 1.165) is 6.92 Å². The van der Waals surface area contributed by atoms with Crippen LogP contribution >= 0.6 is 0 Å². The van der Waals surface area contributed by atoms with Gasteiger partial charge in [-0.2, -0.15) is 13.2 Å². The molecule has 0 aromatic carbocycles. The van der Waals surface area contributed by atoms with Crippen molar-refractivity contribution in [1.29, 1.82) is 0 Å². The lowest BCUT2D eigenvalue weighted by molar-refractivity contribution is -0.312. The van der Waals surface area contributed by atoms with E-state index in [9.17, 15) is 23.1 Å². The van der Waals surface area contributed by atoms with Gasteiger partial charge in [0.25, 0.3) is 0 Å². The number of aliphatic hydroxyl groups is 1. The summed E-state index contributed by atoms with van der Waals surface area (Å²) < 4.78 is 44.2. The lowest BCUT2D eigenvalue weighted by Gasteiger charge is -2.44. The highest BCUT2D eigenvalue weighted by molar-refractivity contribution is 5.76. The topological polar surface area (TPSA) is 46.5 Å². The highest BCUT2D eigenvalue weighted by Gasteiger charge is 2.63. The molecule has 20 heavy (non-hydrogen) atoms. The van der Waals surface area contributed by atoms with Crippen molar-refractivity contribution in [2.45, 2.75) is 78.2 Å². The van der Waals surface area contributed by atoms with Crippen LogP contribution in [0, 0.1) is 5.41 Å². The van der Waals surface area contributed by atoms with Crippen molar-refractivity contribution in [3.63, 3.8) is 0 Å². The maximum Gasteiger partial charge on any atom is 0.420 e. The van der Waals surface area contributed by atoms with Gasteiger partial charge in [-0.1, -0.05) is 20.3 Å². The monoisotopic (exact) mass is 298 g/mol. The lowest BCUT2D eigenvalue weighted by atomic mass is 9.80. The summed E-state index contributed by atoms with van der Waals surface area (Å²) in [5.74, 6) is -0.736.